The molecule has 1 aliphatic heterocycles. The Balaban J connectivity index is 1.50. The number of carbonyl (C=O) groups is 2. The van der Waals surface area contributed by atoms with Crippen molar-refractivity contribution in [1.82, 2.24) is 9.71 Å². The van der Waals surface area contributed by atoms with Gasteiger partial charge in [-0.1, -0.05) is 6.07 Å². The van der Waals surface area contributed by atoms with Crippen LogP contribution in [-0.2, 0) is 32.6 Å². The first-order chi connectivity index (χ1) is 18.4. The minimum absolute atomic E-state index is 0.110. The minimum atomic E-state index is -4.24. The molecule has 0 saturated heterocycles. The Kier molecular flexibility index (Phi) is 8.24. The SMILES string of the molecule is Cc1cc(N(C)C(=O)[C@@H](CCC(=O)NS(=O)(=O)N2CCc3cccnc32)Cc2cc(F)cc(F)c2)ccc1F. The third-order valence-corrected chi connectivity index (χ3v) is 7.98. The fourth-order valence-corrected chi connectivity index (χ4v) is 5.76. The number of fused-ring (bicyclic) bond motifs is 1. The Morgan fingerprint density at radius 3 is 2.51 bits per heavy atom. The molecule has 2 amide bonds. The van der Waals surface area contributed by atoms with Crippen LogP contribution in [0.15, 0.2) is 54.7 Å². The number of hydrogen-bond donors (Lipinski definition) is 1. The maximum Gasteiger partial charge on any atom is 0.327 e. The lowest BCUT2D eigenvalue weighted by Crippen LogP contribution is -2.43. The molecular weight excluding hydrogens is 533 g/mol. The average Bonchev–Trinajstić information content (AvgIpc) is 3.32. The van der Waals surface area contributed by atoms with Crippen molar-refractivity contribution in [3.63, 3.8) is 0 Å². The molecule has 12 heteroatoms. The summed E-state index contributed by atoms with van der Waals surface area (Å²) in [7, 11) is -2.77. The van der Waals surface area contributed by atoms with E-state index in [9.17, 15) is 31.2 Å². The highest BCUT2D eigenvalue weighted by Gasteiger charge is 2.32. The van der Waals surface area contributed by atoms with Crippen LogP contribution < -0.4 is 13.9 Å². The van der Waals surface area contributed by atoms with Gasteiger partial charge in [0, 0.05) is 43.9 Å². The van der Waals surface area contributed by atoms with Gasteiger partial charge in [0.1, 0.15) is 23.3 Å². The quantitative estimate of drug-likeness (QED) is 0.429. The molecule has 3 aromatic rings. The monoisotopic (exact) mass is 560 g/mol. The Hall–Kier alpha value is -3.93. The van der Waals surface area contributed by atoms with Crippen LogP contribution in [0.1, 0.15) is 29.5 Å². The molecule has 39 heavy (non-hydrogen) atoms. The number of benzene rings is 2. The third-order valence-electron chi connectivity index (χ3n) is 6.55. The first-order valence-corrected chi connectivity index (χ1v) is 13.6. The Labute approximate surface area is 224 Å². The van der Waals surface area contributed by atoms with Crippen molar-refractivity contribution in [1.29, 1.82) is 0 Å². The van der Waals surface area contributed by atoms with Crippen LogP contribution in [0.2, 0.25) is 0 Å². The number of pyridine rings is 1. The number of carbonyl (C=O) groups excluding carboxylic acids is 2. The summed E-state index contributed by atoms with van der Waals surface area (Å²) in [5.74, 6) is -4.11. The normalized spacial score (nSPS) is 13.6. The van der Waals surface area contributed by atoms with Gasteiger partial charge in [-0.25, -0.2) is 27.2 Å². The Morgan fingerprint density at radius 1 is 1.10 bits per heavy atom. The van der Waals surface area contributed by atoms with Crippen molar-refractivity contribution in [2.24, 2.45) is 5.92 Å². The number of aryl methyl sites for hydroxylation is 1. The number of halogens is 3. The molecular formula is C27H27F3N4O4S. The molecule has 0 radical (unpaired) electrons. The lowest BCUT2D eigenvalue weighted by atomic mass is 9.93. The van der Waals surface area contributed by atoms with Crippen LogP contribution in [0, 0.1) is 30.3 Å². The van der Waals surface area contributed by atoms with Crippen LogP contribution >= 0.6 is 0 Å². The smallest absolute Gasteiger partial charge is 0.315 e. The highest BCUT2D eigenvalue weighted by molar-refractivity contribution is 7.91. The third kappa shape index (κ3) is 6.56. The number of rotatable bonds is 9. The van der Waals surface area contributed by atoms with Crippen molar-refractivity contribution in [3.8, 4) is 0 Å². The molecule has 1 aliphatic rings. The molecule has 1 N–H and O–H groups in total. The van der Waals surface area contributed by atoms with Crippen molar-refractivity contribution in [2.75, 3.05) is 22.8 Å². The predicted molar refractivity (Wildman–Crippen MR) is 140 cm³/mol. The zero-order valence-corrected chi connectivity index (χ0v) is 22.1. The summed E-state index contributed by atoms with van der Waals surface area (Å²) in [6, 6.07) is 10.4. The second kappa shape index (κ2) is 11.4. The molecule has 1 atom stereocenters. The van der Waals surface area contributed by atoms with Gasteiger partial charge in [-0.15, -0.1) is 0 Å². The first kappa shape index (κ1) is 28.1. The van der Waals surface area contributed by atoms with Gasteiger partial charge < -0.3 is 4.90 Å². The van der Waals surface area contributed by atoms with Crippen molar-refractivity contribution in [2.45, 2.75) is 32.6 Å². The number of nitrogens with one attached hydrogen (secondary N) is 1. The lowest BCUT2D eigenvalue weighted by molar-refractivity contribution is -0.123. The molecule has 1 aromatic heterocycles. The van der Waals surface area contributed by atoms with E-state index in [0.29, 0.717) is 23.7 Å². The van der Waals surface area contributed by atoms with Crippen LogP contribution in [0.3, 0.4) is 0 Å². The maximum absolute atomic E-state index is 13.8. The van der Waals surface area contributed by atoms with E-state index >= 15 is 0 Å². The fraction of sp³-hybridized carbons (Fsp3) is 0.296. The summed E-state index contributed by atoms with van der Waals surface area (Å²) in [5, 5.41) is 0. The molecule has 2 heterocycles. The van der Waals surface area contributed by atoms with E-state index in [1.54, 1.807) is 19.1 Å². The van der Waals surface area contributed by atoms with Crippen LogP contribution in [-0.4, -0.2) is 38.8 Å². The highest BCUT2D eigenvalue weighted by atomic mass is 32.2. The van der Waals surface area contributed by atoms with Gasteiger partial charge in [-0.2, -0.15) is 8.42 Å². The number of hydrogen-bond acceptors (Lipinski definition) is 5. The summed E-state index contributed by atoms with van der Waals surface area (Å²) in [5.41, 5.74) is 1.64. The topological polar surface area (TPSA) is 99.7 Å². The van der Waals surface area contributed by atoms with E-state index in [-0.39, 0.29) is 37.2 Å². The van der Waals surface area contributed by atoms with E-state index in [2.05, 4.69) is 4.98 Å². The van der Waals surface area contributed by atoms with E-state index in [0.717, 1.165) is 22.0 Å². The number of amides is 2. The fourth-order valence-electron chi connectivity index (χ4n) is 4.53. The maximum atomic E-state index is 13.8. The number of nitrogens with zero attached hydrogens (tertiary/aromatic N) is 3. The summed E-state index contributed by atoms with van der Waals surface area (Å²) in [4.78, 5) is 31.5. The van der Waals surface area contributed by atoms with E-state index in [1.807, 2.05) is 4.72 Å². The van der Waals surface area contributed by atoms with Crippen molar-refractivity contribution < 1.29 is 31.2 Å². The van der Waals surface area contributed by atoms with Crippen LogP contribution in [0.25, 0.3) is 0 Å². The van der Waals surface area contributed by atoms with Gasteiger partial charge in [0.05, 0.1) is 0 Å². The van der Waals surface area contributed by atoms with Gasteiger partial charge in [-0.05, 0) is 79.3 Å². The molecule has 4 rings (SSSR count). The molecule has 206 valence electrons. The minimum Gasteiger partial charge on any atom is -0.315 e. The first-order valence-electron chi connectivity index (χ1n) is 12.2. The summed E-state index contributed by atoms with van der Waals surface area (Å²) < 4.78 is 70.2. The second-order valence-electron chi connectivity index (χ2n) is 9.39. The van der Waals surface area contributed by atoms with Gasteiger partial charge >= 0.3 is 10.2 Å². The molecule has 0 spiro atoms. The van der Waals surface area contributed by atoms with Crippen LogP contribution in [0.4, 0.5) is 24.7 Å². The second-order valence-corrected chi connectivity index (χ2v) is 11.0. The van der Waals surface area contributed by atoms with Gasteiger partial charge in [0.15, 0.2) is 0 Å². The number of anilines is 2. The highest BCUT2D eigenvalue weighted by Crippen LogP contribution is 2.27. The van der Waals surface area contributed by atoms with Crippen LogP contribution in [0.5, 0.6) is 0 Å². The zero-order valence-electron chi connectivity index (χ0n) is 21.3. The molecule has 0 bridgehead atoms. The summed E-state index contributed by atoms with van der Waals surface area (Å²) >= 11 is 0. The molecule has 0 fully saturated rings. The Morgan fingerprint density at radius 2 is 1.82 bits per heavy atom. The van der Waals surface area contributed by atoms with E-state index < -0.39 is 45.4 Å². The lowest BCUT2D eigenvalue weighted by Gasteiger charge is -2.25. The van der Waals surface area contributed by atoms with E-state index in [1.165, 1.54) is 36.3 Å². The van der Waals surface area contributed by atoms with E-state index in [4.69, 9.17) is 0 Å². The molecule has 8 nitrogen and oxygen atoms in total. The largest absolute Gasteiger partial charge is 0.327 e. The van der Waals surface area contributed by atoms with Gasteiger partial charge in [-0.3, -0.25) is 9.59 Å². The zero-order chi connectivity index (χ0) is 28.3. The molecule has 0 unspecified atom stereocenters. The average molecular weight is 561 g/mol. The van der Waals surface area contributed by atoms with Crippen molar-refractivity contribution in [3.05, 3.63) is 88.9 Å². The van der Waals surface area contributed by atoms with Crippen molar-refractivity contribution >= 4 is 33.5 Å². The standard InChI is InChI=1S/C27H27F3N4O4S/c1-17-12-23(6-7-24(17)30)33(2)27(36)20(13-18-14-21(28)16-22(29)15-18)5-8-25(35)32-39(37,38)34-11-9-19-4-3-10-31-26(19)34/h3-4,6-7,10,12,14-16,20H,5,8-9,11,13H2,1-2H3,(H,32,35)/t20-/m0/s1. The molecule has 2 aromatic carbocycles. The summed E-state index contributed by atoms with van der Waals surface area (Å²) in [6.45, 7) is 1.67. The number of aromatic nitrogens is 1. The Bertz CT molecular complexity index is 1500. The molecule has 0 saturated carbocycles. The summed E-state index contributed by atoms with van der Waals surface area (Å²) in [6.07, 6.45) is 1.33. The predicted octanol–water partition coefficient (Wildman–Crippen LogP) is 3.83. The van der Waals surface area contributed by atoms with Gasteiger partial charge in [0.25, 0.3) is 0 Å². The van der Waals surface area contributed by atoms with Gasteiger partial charge in [0.2, 0.25) is 11.8 Å². The molecule has 0 aliphatic carbocycles.